The molecule has 4 heavy (non-hydrogen) atoms. The molecule has 0 rings (SSSR count). The van der Waals surface area contributed by atoms with Crippen LogP contribution in [0.1, 0.15) is 0 Å². The Morgan fingerprint density at radius 2 is 0.750 bits per heavy atom. The summed E-state index contributed by atoms with van der Waals surface area (Å²) in [5.74, 6) is 0. The number of halogens is 2. The first-order chi connectivity index (χ1) is 0. The molecule has 0 aliphatic carbocycles. The molecule has 0 unspecified atom stereocenters. The molecule has 0 heterocycles. The Hall–Kier alpha value is 1.70. The monoisotopic (exact) mass is 132 g/mol. The first kappa shape index (κ1) is 43.6. The summed E-state index contributed by atoms with van der Waals surface area (Å²) < 4.78 is 0. The van der Waals surface area contributed by atoms with Crippen molar-refractivity contribution in [2.75, 3.05) is 0 Å². The average Bonchev–Trinajstić information content (AvgIpc) is 0. The van der Waals surface area contributed by atoms with Crippen molar-refractivity contribution in [2.45, 2.75) is 0 Å². The van der Waals surface area contributed by atoms with Gasteiger partial charge in [-0.25, -0.2) is 0 Å². The van der Waals surface area contributed by atoms with Crippen LogP contribution in [-0.4, -0.2) is 0 Å². The molecule has 0 N–H and O–H groups in total. The molecule has 0 saturated heterocycles. The largest absolute Gasteiger partial charge is 2.00 e. The van der Waals surface area contributed by atoms with Gasteiger partial charge in [-0.1, -0.05) is 0 Å². The fraction of sp³-hybridized carbons (Fsp3) is 0. The van der Waals surface area contributed by atoms with E-state index in [-0.39, 0.29) is 60.7 Å². The Morgan fingerprint density at radius 1 is 0.750 bits per heavy atom. The first-order valence-corrected chi connectivity index (χ1v) is 0. The Kier molecular flexibility index (Phi) is 243. The molecular formula is Cl2LiMn+. The van der Waals surface area contributed by atoms with Gasteiger partial charge in [-0.3, -0.25) is 0 Å². The van der Waals surface area contributed by atoms with Gasteiger partial charge < -0.3 is 24.8 Å². The minimum absolute atomic E-state index is 0. The van der Waals surface area contributed by atoms with Crippen molar-refractivity contribution in [1.82, 2.24) is 0 Å². The summed E-state index contributed by atoms with van der Waals surface area (Å²) in [7, 11) is 0. The maximum absolute atomic E-state index is 0. The fourth-order valence-electron chi connectivity index (χ4n) is 0. The van der Waals surface area contributed by atoms with E-state index in [2.05, 4.69) is 0 Å². The van der Waals surface area contributed by atoms with Crippen molar-refractivity contribution in [1.29, 1.82) is 0 Å². The van der Waals surface area contributed by atoms with Crippen LogP contribution in [0.3, 0.4) is 0 Å². The van der Waals surface area contributed by atoms with Crippen LogP contribution in [0.15, 0.2) is 0 Å². The van der Waals surface area contributed by atoms with Crippen LogP contribution < -0.4 is 43.7 Å². The first-order valence-electron chi connectivity index (χ1n) is 0. The van der Waals surface area contributed by atoms with E-state index in [1.807, 2.05) is 0 Å². The minimum Gasteiger partial charge on any atom is -1.00 e. The predicted molar refractivity (Wildman–Crippen MR) is 0 cm³/mol. The third kappa shape index (κ3) is 9.34. The Bertz CT molecular complexity index is 6.00. The number of rotatable bonds is 0. The molecule has 4 heteroatoms. The van der Waals surface area contributed by atoms with Crippen molar-refractivity contribution in [2.24, 2.45) is 0 Å². The number of hydrogen-bond donors (Lipinski definition) is 0. The van der Waals surface area contributed by atoms with E-state index in [1.54, 1.807) is 0 Å². The van der Waals surface area contributed by atoms with E-state index in [0.29, 0.717) is 0 Å². The van der Waals surface area contributed by atoms with Gasteiger partial charge in [0, 0.05) is 0 Å². The molecule has 0 atom stereocenters. The van der Waals surface area contributed by atoms with Crippen molar-refractivity contribution < 1.29 is 60.7 Å². The van der Waals surface area contributed by atoms with Crippen LogP contribution in [0.25, 0.3) is 0 Å². The zero-order valence-corrected chi connectivity index (χ0v) is 4.83. The number of hydrogen-bond acceptors (Lipinski definition) is 0. The second-order valence-corrected chi connectivity index (χ2v) is 0. The summed E-state index contributed by atoms with van der Waals surface area (Å²) in [5, 5.41) is 0. The van der Waals surface area contributed by atoms with Crippen LogP contribution in [0, 0.1) is 0 Å². The van der Waals surface area contributed by atoms with Crippen LogP contribution in [0.4, 0.5) is 0 Å². The Morgan fingerprint density at radius 3 is 0.750 bits per heavy atom. The molecule has 0 aliphatic rings. The topological polar surface area (TPSA) is 0 Å². The van der Waals surface area contributed by atoms with Crippen LogP contribution in [-0.2, 0) is 17.1 Å². The molecule has 1 radical (unpaired) electrons. The molecule has 0 fully saturated rings. The zero-order valence-electron chi connectivity index (χ0n) is 2.13. The van der Waals surface area contributed by atoms with Gasteiger partial charge in [0.25, 0.3) is 0 Å². The third-order valence-electron chi connectivity index (χ3n) is 0. The van der Waals surface area contributed by atoms with Gasteiger partial charge in [0.05, 0.1) is 0 Å². The van der Waals surface area contributed by atoms with E-state index in [4.69, 9.17) is 0 Å². The summed E-state index contributed by atoms with van der Waals surface area (Å²) in [5.41, 5.74) is 0. The zero-order chi connectivity index (χ0) is 0. The van der Waals surface area contributed by atoms with Gasteiger partial charge >= 0.3 is 35.9 Å². The van der Waals surface area contributed by atoms with E-state index in [9.17, 15) is 0 Å². The molecule has 0 aromatic heterocycles. The molecule has 0 saturated carbocycles. The quantitative estimate of drug-likeness (QED) is 0.288. The molecule has 0 nitrogen and oxygen atoms in total. The summed E-state index contributed by atoms with van der Waals surface area (Å²) in [6.45, 7) is 0. The molecular weight excluding hydrogens is 133 g/mol. The average molecular weight is 133 g/mol. The van der Waals surface area contributed by atoms with E-state index >= 15 is 0 Å². The van der Waals surface area contributed by atoms with Gasteiger partial charge in [-0.2, -0.15) is 0 Å². The Balaban J connectivity index is 0. The maximum atomic E-state index is 0. The van der Waals surface area contributed by atoms with E-state index in [0.717, 1.165) is 0 Å². The van der Waals surface area contributed by atoms with E-state index < -0.39 is 0 Å². The van der Waals surface area contributed by atoms with E-state index in [1.165, 1.54) is 0 Å². The molecule has 0 aromatic carbocycles. The molecule has 21 valence electrons. The fourth-order valence-corrected chi connectivity index (χ4v) is 0. The predicted octanol–water partition coefficient (Wildman–Crippen LogP) is -8.99. The molecule has 0 bridgehead atoms. The van der Waals surface area contributed by atoms with Gasteiger partial charge in [0.2, 0.25) is 0 Å². The second kappa shape index (κ2) is 22.3. The van der Waals surface area contributed by atoms with Gasteiger partial charge in [-0.15, -0.1) is 0 Å². The normalized spacial score (nSPS) is 0. The van der Waals surface area contributed by atoms with Crippen LogP contribution in [0.2, 0.25) is 0 Å². The van der Waals surface area contributed by atoms with Crippen molar-refractivity contribution in [3.05, 3.63) is 0 Å². The van der Waals surface area contributed by atoms with Crippen molar-refractivity contribution in [3.8, 4) is 0 Å². The summed E-state index contributed by atoms with van der Waals surface area (Å²) in [4.78, 5) is 0. The molecule has 0 aromatic rings. The smallest absolute Gasteiger partial charge is 1.00 e. The molecule has 0 aliphatic heterocycles. The van der Waals surface area contributed by atoms with Crippen molar-refractivity contribution >= 4 is 0 Å². The van der Waals surface area contributed by atoms with Gasteiger partial charge in [-0.05, 0) is 0 Å². The molecule has 0 spiro atoms. The minimum atomic E-state index is 0. The summed E-state index contributed by atoms with van der Waals surface area (Å²) in [6, 6.07) is 0. The Labute approximate surface area is 60.6 Å². The maximum Gasteiger partial charge on any atom is 2.00 e. The van der Waals surface area contributed by atoms with Crippen molar-refractivity contribution in [3.63, 3.8) is 0 Å². The summed E-state index contributed by atoms with van der Waals surface area (Å²) in [6.07, 6.45) is 0. The third-order valence-corrected chi connectivity index (χ3v) is 0. The summed E-state index contributed by atoms with van der Waals surface area (Å²) >= 11 is 0. The van der Waals surface area contributed by atoms with Gasteiger partial charge in [0.1, 0.15) is 0 Å². The van der Waals surface area contributed by atoms with Crippen LogP contribution in [0.5, 0.6) is 0 Å². The SMILES string of the molecule is [Cl-].[Cl-].[Li+].[Mn+2]. The van der Waals surface area contributed by atoms with Gasteiger partial charge in [0.15, 0.2) is 0 Å². The second-order valence-electron chi connectivity index (χ2n) is 0. The molecule has 0 amide bonds. The van der Waals surface area contributed by atoms with Crippen LogP contribution >= 0.6 is 0 Å². The standard InChI is InChI=1S/2ClH.Li.Mn/h2*1H;;/q;;+1;+2/p-2.